The number of cyclic esters (lactones) is 1. The molecule has 0 spiro atoms. The number of hydrogen-bond donors (Lipinski definition) is 0. The molecule has 3 aliphatic rings. The molecule has 0 radical (unpaired) electrons. The lowest BCUT2D eigenvalue weighted by Gasteiger charge is -2.36. The van der Waals surface area contributed by atoms with Gasteiger partial charge >= 0.3 is 6.09 Å². The number of aromatic nitrogens is 2. The topological polar surface area (TPSA) is 78.9 Å². The van der Waals surface area contributed by atoms with Gasteiger partial charge in [0, 0.05) is 32.4 Å². The van der Waals surface area contributed by atoms with Gasteiger partial charge in [0.1, 0.15) is 18.1 Å². The van der Waals surface area contributed by atoms with E-state index in [0.717, 1.165) is 18.9 Å². The van der Waals surface area contributed by atoms with Crippen LogP contribution in [0.4, 0.5) is 16.3 Å². The molecule has 2 amide bonds. The third kappa shape index (κ3) is 3.82. The fraction of sp³-hybridized carbons (Fsp3) is 0.478. The molecule has 2 saturated heterocycles. The molecule has 8 heteroatoms. The standard InChI is InChI=1S/C23H27N5O3/c1-15-11-18(17-3-4-17)12-25-21(15)26-7-9-27(10-8-26)22(29)20-6-5-19(13-24-20)28-16(2)14-31-23(28)30/h5-6,11-13,16-17H,3-4,7-10,14H2,1-2H3. The summed E-state index contributed by atoms with van der Waals surface area (Å²) in [6.07, 6.45) is 5.76. The molecule has 1 unspecified atom stereocenters. The van der Waals surface area contributed by atoms with Gasteiger partial charge < -0.3 is 14.5 Å². The van der Waals surface area contributed by atoms with Gasteiger partial charge in [0.15, 0.2) is 0 Å². The van der Waals surface area contributed by atoms with Crippen LogP contribution in [0.5, 0.6) is 0 Å². The molecule has 1 saturated carbocycles. The van der Waals surface area contributed by atoms with Gasteiger partial charge in [0.25, 0.3) is 5.91 Å². The molecular formula is C23H27N5O3. The third-order valence-corrected chi connectivity index (χ3v) is 6.32. The maximum Gasteiger partial charge on any atom is 0.414 e. The van der Waals surface area contributed by atoms with Gasteiger partial charge in [-0.05, 0) is 55.9 Å². The maximum absolute atomic E-state index is 12.9. The zero-order valence-electron chi connectivity index (χ0n) is 18.0. The largest absolute Gasteiger partial charge is 0.447 e. The van der Waals surface area contributed by atoms with E-state index in [4.69, 9.17) is 9.72 Å². The second-order valence-electron chi connectivity index (χ2n) is 8.66. The minimum absolute atomic E-state index is 0.0423. The highest BCUT2D eigenvalue weighted by Gasteiger charge is 2.32. The van der Waals surface area contributed by atoms with Crippen LogP contribution in [0.3, 0.4) is 0 Å². The van der Waals surface area contributed by atoms with Crippen molar-refractivity contribution in [3.8, 4) is 0 Å². The number of anilines is 2. The lowest BCUT2D eigenvalue weighted by Crippen LogP contribution is -2.49. The smallest absolute Gasteiger partial charge is 0.414 e. The van der Waals surface area contributed by atoms with Gasteiger partial charge in [-0.3, -0.25) is 9.69 Å². The number of rotatable bonds is 4. The van der Waals surface area contributed by atoms with Crippen LogP contribution in [-0.4, -0.2) is 65.7 Å². The Morgan fingerprint density at radius 3 is 2.45 bits per heavy atom. The molecule has 0 bridgehead atoms. The van der Waals surface area contributed by atoms with Gasteiger partial charge in [-0.1, -0.05) is 6.07 Å². The summed E-state index contributed by atoms with van der Waals surface area (Å²) in [5, 5.41) is 0. The monoisotopic (exact) mass is 421 g/mol. The molecule has 0 N–H and O–H groups in total. The highest BCUT2D eigenvalue weighted by Crippen LogP contribution is 2.40. The van der Waals surface area contributed by atoms with Gasteiger partial charge in [0.2, 0.25) is 0 Å². The lowest BCUT2D eigenvalue weighted by molar-refractivity contribution is 0.0740. The molecule has 4 heterocycles. The van der Waals surface area contributed by atoms with Crippen molar-refractivity contribution >= 4 is 23.5 Å². The average molecular weight is 422 g/mol. The van der Waals surface area contributed by atoms with E-state index in [9.17, 15) is 9.59 Å². The van der Waals surface area contributed by atoms with Gasteiger partial charge in [-0.15, -0.1) is 0 Å². The Morgan fingerprint density at radius 2 is 1.87 bits per heavy atom. The van der Waals surface area contributed by atoms with E-state index < -0.39 is 0 Å². The number of carbonyl (C=O) groups excluding carboxylic acids is 2. The first-order valence-electron chi connectivity index (χ1n) is 10.9. The zero-order chi connectivity index (χ0) is 21.5. The number of piperazine rings is 1. The van der Waals surface area contributed by atoms with Gasteiger partial charge in [0.05, 0.1) is 17.9 Å². The highest BCUT2D eigenvalue weighted by atomic mass is 16.6. The van der Waals surface area contributed by atoms with Crippen molar-refractivity contribution in [1.82, 2.24) is 14.9 Å². The van der Waals surface area contributed by atoms with Gasteiger partial charge in [-0.25, -0.2) is 14.8 Å². The molecular weight excluding hydrogens is 394 g/mol. The summed E-state index contributed by atoms with van der Waals surface area (Å²) < 4.78 is 5.06. The Kier molecular flexibility index (Phi) is 5.00. The molecule has 8 nitrogen and oxygen atoms in total. The number of hydrogen-bond acceptors (Lipinski definition) is 6. The first-order valence-corrected chi connectivity index (χ1v) is 10.9. The second-order valence-corrected chi connectivity index (χ2v) is 8.66. The number of nitrogens with zero attached hydrogens (tertiary/aromatic N) is 5. The average Bonchev–Trinajstić information content (AvgIpc) is 3.58. The lowest BCUT2D eigenvalue weighted by atomic mass is 10.1. The van der Waals surface area contributed by atoms with Gasteiger partial charge in [-0.2, -0.15) is 0 Å². The van der Waals surface area contributed by atoms with Crippen molar-refractivity contribution in [2.24, 2.45) is 0 Å². The van der Waals surface area contributed by atoms with Crippen molar-refractivity contribution in [3.63, 3.8) is 0 Å². The fourth-order valence-electron chi connectivity index (χ4n) is 4.37. The zero-order valence-corrected chi connectivity index (χ0v) is 18.0. The molecule has 3 fully saturated rings. The van der Waals surface area contributed by atoms with E-state index in [-0.39, 0.29) is 18.0 Å². The molecule has 2 aliphatic heterocycles. The van der Waals surface area contributed by atoms with Crippen LogP contribution >= 0.6 is 0 Å². The van der Waals surface area contributed by atoms with Crippen molar-refractivity contribution in [2.45, 2.75) is 38.6 Å². The Balaban J connectivity index is 1.21. The van der Waals surface area contributed by atoms with E-state index >= 15 is 0 Å². The summed E-state index contributed by atoms with van der Waals surface area (Å²) in [4.78, 5) is 39.5. The molecule has 0 aromatic carbocycles. The van der Waals surface area contributed by atoms with Crippen LogP contribution in [0, 0.1) is 6.92 Å². The number of ether oxygens (including phenoxy) is 1. The summed E-state index contributed by atoms with van der Waals surface area (Å²) >= 11 is 0. The summed E-state index contributed by atoms with van der Waals surface area (Å²) in [7, 11) is 0. The van der Waals surface area contributed by atoms with Crippen molar-refractivity contribution in [2.75, 3.05) is 42.6 Å². The van der Waals surface area contributed by atoms with E-state index in [1.54, 1.807) is 23.2 Å². The molecule has 5 rings (SSSR count). The second kappa shape index (κ2) is 7.83. The molecule has 1 aliphatic carbocycles. The van der Waals surface area contributed by atoms with Crippen LogP contribution in [0.2, 0.25) is 0 Å². The number of amides is 2. The first kappa shape index (κ1) is 19.8. The molecule has 31 heavy (non-hydrogen) atoms. The Bertz CT molecular complexity index is 997. The Morgan fingerprint density at radius 1 is 1.10 bits per heavy atom. The van der Waals surface area contributed by atoms with E-state index in [1.165, 1.54) is 24.0 Å². The van der Waals surface area contributed by atoms with Crippen LogP contribution in [0.15, 0.2) is 30.6 Å². The van der Waals surface area contributed by atoms with E-state index in [1.807, 2.05) is 18.0 Å². The highest BCUT2D eigenvalue weighted by molar-refractivity contribution is 5.94. The van der Waals surface area contributed by atoms with Crippen LogP contribution in [-0.2, 0) is 4.74 Å². The molecule has 2 aromatic rings. The fourth-order valence-corrected chi connectivity index (χ4v) is 4.37. The maximum atomic E-state index is 12.9. The first-order chi connectivity index (χ1) is 15.0. The van der Waals surface area contributed by atoms with Crippen LogP contribution in [0.1, 0.15) is 47.3 Å². The van der Waals surface area contributed by atoms with Crippen molar-refractivity contribution in [3.05, 3.63) is 47.4 Å². The van der Waals surface area contributed by atoms with Crippen LogP contribution in [0.25, 0.3) is 0 Å². The minimum Gasteiger partial charge on any atom is -0.447 e. The summed E-state index contributed by atoms with van der Waals surface area (Å²) in [5.41, 5.74) is 3.59. The quantitative estimate of drug-likeness (QED) is 0.755. The predicted molar refractivity (Wildman–Crippen MR) is 117 cm³/mol. The van der Waals surface area contributed by atoms with E-state index in [2.05, 4.69) is 22.9 Å². The summed E-state index contributed by atoms with van der Waals surface area (Å²) in [5.74, 6) is 1.63. The Hall–Kier alpha value is -3.16. The van der Waals surface area contributed by atoms with Crippen molar-refractivity contribution < 1.29 is 14.3 Å². The molecule has 162 valence electrons. The number of carbonyl (C=O) groups is 2. The summed E-state index contributed by atoms with van der Waals surface area (Å²) in [6.45, 7) is 7.15. The number of pyridine rings is 2. The Labute approximate surface area is 181 Å². The van der Waals surface area contributed by atoms with Crippen LogP contribution < -0.4 is 9.80 Å². The predicted octanol–water partition coefficient (Wildman–Crippen LogP) is 2.97. The molecule has 2 aromatic heterocycles. The van der Waals surface area contributed by atoms with Crippen molar-refractivity contribution in [1.29, 1.82) is 0 Å². The molecule has 1 atom stereocenters. The van der Waals surface area contributed by atoms with E-state index in [0.29, 0.717) is 37.0 Å². The number of aryl methyl sites for hydroxylation is 1. The minimum atomic E-state index is -0.376. The normalized spacial score (nSPS) is 21.4. The third-order valence-electron chi connectivity index (χ3n) is 6.32. The summed E-state index contributed by atoms with van der Waals surface area (Å²) in [6, 6.07) is 5.67. The SMILES string of the molecule is Cc1cc(C2CC2)cnc1N1CCN(C(=O)c2ccc(N3C(=O)OCC3C)cn2)CC1.